The monoisotopic (exact) mass is 352 g/mol. The van der Waals surface area contributed by atoms with Crippen LogP contribution in [-0.4, -0.2) is 32.4 Å². The van der Waals surface area contributed by atoms with Crippen LogP contribution in [0.5, 0.6) is 0 Å². The summed E-state index contributed by atoms with van der Waals surface area (Å²) in [6.07, 6.45) is 1.95. The van der Waals surface area contributed by atoms with Gasteiger partial charge in [-0.1, -0.05) is 6.92 Å². The highest BCUT2D eigenvalue weighted by atomic mass is 79.9. The second kappa shape index (κ2) is 5.58. The molecule has 4 nitrogen and oxygen atoms in total. The highest BCUT2D eigenvalue weighted by molar-refractivity contribution is 9.11. The number of rotatable bonds is 6. The zero-order chi connectivity index (χ0) is 13.3. The van der Waals surface area contributed by atoms with Crippen LogP contribution in [0.3, 0.4) is 0 Å². The largest absolute Gasteiger partial charge is 0.312 e. The minimum Gasteiger partial charge on any atom is -0.312 e. The van der Waals surface area contributed by atoms with Crippen LogP contribution in [0, 0.1) is 0 Å². The van der Waals surface area contributed by atoms with Crippen molar-refractivity contribution in [1.29, 1.82) is 0 Å². The lowest BCUT2D eigenvalue weighted by Crippen LogP contribution is -2.28. The van der Waals surface area contributed by atoms with Crippen LogP contribution in [0.4, 0.5) is 0 Å². The first-order valence-electron chi connectivity index (χ1n) is 5.93. The lowest BCUT2D eigenvalue weighted by Gasteiger charge is -2.15. The normalized spacial score (nSPS) is 16.4. The van der Waals surface area contributed by atoms with E-state index in [0.29, 0.717) is 15.2 Å². The third-order valence-corrected chi connectivity index (χ3v) is 7.14. The van der Waals surface area contributed by atoms with Gasteiger partial charge in [0.05, 0.1) is 3.79 Å². The number of nitrogens with one attached hydrogen (secondary N) is 1. The number of hydrogen-bond acceptors (Lipinski definition) is 4. The van der Waals surface area contributed by atoms with Crippen LogP contribution in [0.15, 0.2) is 14.7 Å². The zero-order valence-electron chi connectivity index (χ0n) is 10.4. The number of halogens is 1. The van der Waals surface area contributed by atoms with Crippen molar-refractivity contribution in [3.05, 3.63) is 14.7 Å². The van der Waals surface area contributed by atoms with Crippen LogP contribution < -0.4 is 5.32 Å². The van der Waals surface area contributed by atoms with E-state index in [1.807, 2.05) is 6.92 Å². The second-order valence-corrected chi connectivity index (χ2v) is 8.80. The first-order chi connectivity index (χ1) is 8.46. The van der Waals surface area contributed by atoms with Gasteiger partial charge in [-0.2, -0.15) is 4.31 Å². The molecule has 1 aliphatic carbocycles. The molecule has 1 N–H and O–H groups in total. The van der Waals surface area contributed by atoms with Crippen LogP contribution in [0.1, 0.15) is 24.6 Å². The first kappa shape index (κ1) is 14.5. The van der Waals surface area contributed by atoms with Crippen molar-refractivity contribution >= 4 is 37.3 Å². The van der Waals surface area contributed by atoms with Gasteiger partial charge >= 0.3 is 0 Å². The van der Waals surface area contributed by atoms with E-state index < -0.39 is 10.0 Å². The maximum atomic E-state index is 12.4. The van der Waals surface area contributed by atoms with Crippen molar-refractivity contribution in [3.63, 3.8) is 0 Å². The van der Waals surface area contributed by atoms with Crippen molar-refractivity contribution in [1.82, 2.24) is 9.62 Å². The lowest BCUT2D eigenvalue weighted by molar-refractivity contribution is 0.464. The average molecular weight is 353 g/mol. The van der Waals surface area contributed by atoms with E-state index in [-0.39, 0.29) is 6.04 Å². The molecule has 0 radical (unpaired) electrons. The molecular formula is C11H17BrN2O2S2. The third-order valence-electron chi connectivity index (χ3n) is 2.97. The fraction of sp³-hybridized carbons (Fsp3) is 0.636. The summed E-state index contributed by atoms with van der Waals surface area (Å²) in [5.74, 6) is 0. The standard InChI is InChI=1S/C11H17BrN2O2S2/c1-3-13-7-9-6-10(11(12)17-9)18(15,16)14(2)8-4-5-8/h6,8,13H,3-5,7H2,1-2H3. The minimum absolute atomic E-state index is 0.194. The molecule has 0 aliphatic heterocycles. The highest BCUT2D eigenvalue weighted by Crippen LogP contribution is 2.36. The summed E-state index contributed by atoms with van der Waals surface area (Å²) < 4.78 is 27.0. The highest BCUT2D eigenvalue weighted by Gasteiger charge is 2.36. The Balaban J connectivity index is 2.23. The Kier molecular flexibility index (Phi) is 4.48. The Morgan fingerprint density at radius 2 is 2.22 bits per heavy atom. The smallest absolute Gasteiger partial charge is 0.245 e. The van der Waals surface area contributed by atoms with Crippen molar-refractivity contribution in [2.45, 2.75) is 37.2 Å². The van der Waals surface area contributed by atoms with E-state index in [1.54, 1.807) is 13.1 Å². The van der Waals surface area contributed by atoms with Gasteiger partial charge in [-0.25, -0.2) is 8.42 Å². The molecule has 1 aromatic rings. The Labute approximate surface area is 121 Å². The third kappa shape index (κ3) is 2.96. The van der Waals surface area contributed by atoms with Gasteiger partial charge in [0.1, 0.15) is 4.90 Å². The number of sulfonamides is 1. The lowest BCUT2D eigenvalue weighted by atomic mass is 10.4. The molecule has 1 aliphatic rings. The molecule has 0 saturated heterocycles. The van der Waals surface area contributed by atoms with Crippen molar-refractivity contribution in [3.8, 4) is 0 Å². The maximum absolute atomic E-state index is 12.4. The van der Waals surface area contributed by atoms with E-state index in [4.69, 9.17) is 0 Å². The molecule has 0 atom stereocenters. The summed E-state index contributed by atoms with van der Waals surface area (Å²) in [6.45, 7) is 3.61. The summed E-state index contributed by atoms with van der Waals surface area (Å²) in [7, 11) is -1.67. The molecule has 0 bridgehead atoms. The number of thiophene rings is 1. The maximum Gasteiger partial charge on any atom is 0.245 e. The van der Waals surface area contributed by atoms with Gasteiger partial charge in [-0.15, -0.1) is 11.3 Å². The predicted molar refractivity (Wildman–Crippen MR) is 77.4 cm³/mol. The van der Waals surface area contributed by atoms with Gasteiger partial charge in [-0.3, -0.25) is 0 Å². The van der Waals surface area contributed by atoms with Crippen molar-refractivity contribution < 1.29 is 8.42 Å². The number of hydrogen-bond donors (Lipinski definition) is 1. The Morgan fingerprint density at radius 3 is 2.78 bits per heavy atom. The fourth-order valence-corrected chi connectivity index (χ4v) is 5.71. The van der Waals surface area contributed by atoms with Crippen LogP contribution in [0.25, 0.3) is 0 Å². The van der Waals surface area contributed by atoms with Gasteiger partial charge in [0.15, 0.2) is 0 Å². The average Bonchev–Trinajstić information content (AvgIpc) is 3.09. The van der Waals surface area contributed by atoms with E-state index >= 15 is 0 Å². The zero-order valence-corrected chi connectivity index (χ0v) is 13.7. The van der Waals surface area contributed by atoms with E-state index in [2.05, 4.69) is 21.2 Å². The van der Waals surface area contributed by atoms with E-state index in [1.165, 1.54) is 15.6 Å². The van der Waals surface area contributed by atoms with E-state index in [0.717, 1.165) is 24.3 Å². The molecule has 18 heavy (non-hydrogen) atoms. The molecule has 102 valence electrons. The summed E-state index contributed by atoms with van der Waals surface area (Å²) in [5.41, 5.74) is 0. The summed E-state index contributed by atoms with van der Waals surface area (Å²) in [4.78, 5) is 1.43. The molecule has 0 amide bonds. The van der Waals surface area contributed by atoms with Gasteiger partial charge in [0.2, 0.25) is 10.0 Å². The molecular weight excluding hydrogens is 336 g/mol. The van der Waals surface area contributed by atoms with Gasteiger partial charge in [0, 0.05) is 24.5 Å². The Bertz CT molecular complexity index is 523. The second-order valence-electron chi connectivity index (χ2n) is 4.38. The van der Waals surface area contributed by atoms with Crippen LogP contribution >= 0.6 is 27.3 Å². The molecule has 2 rings (SSSR count). The molecule has 0 spiro atoms. The predicted octanol–water partition coefficient (Wildman–Crippen LogP) is 2.40. The molecule has 1 aromatic heterocycles. The van der Waals surface area contributed by atoms with Crippen LogP contribution in [0.2, 0.25) is 0 Å². The van der Waals surface area contributed by atoms with Crippen LogP contribution in [-0.2, 0) is 16.6 Å². The van der Waals surface area contributed by atoms with Crippen molar-refractivity contribution in [2.24, 2.45) is 0 Å². The summed E-state index contributed by atoms with van der Waals surface area (Å²) in [5, 5.41) is 3.20. The summed E-state index contributed by atoms with van der Waals surface area (Å²) in [6, 6.07) is 1.96. The topological polar surface area (TPSA) is 49.4 Å². The SMILES string of the molecule is CCNCc1cc(S(=O)(=O)N(C)C2CC2)c(Br)s1. The number of nitrogens with zero attached hydrogens (tertiary/aromatic N) is 1. The first-order valence-corrected chi connectivity index (χ1v) is 8.98. The van der Waals surface area contributed by atoms with Gasteiger partial charge < -0.3 is 5.32 Å². The Hall–Kier alpha value is 0.0500. The quantitative estimate of drug-likeness (QED) is 0.855. The molecule has 0 aromatic carbocycles. The molecule has 0 unspecified atom stereocenters. The molecule has 1 fully saturated rings. The van der Waals surface area contributed by atoms with Gasteiger partial charge in [-0.05, 0) is 41.4 Å². The van der Waals surface area contributed by atoms with E-state index in [9.17, 15) is 8.42 Å². The summed E-state index contributed by atoms with van der Waals surface area (Å²) >= 11 is 4.85. The Morgan fingerprint density at radius 1 is 1.56 bits per heavy atom. The molecule has 1 heterocycles. The molecule has 7 heteroatoms. The molecule has 1 saturated carbocycles. The fourth-order valence-electron chi connectivity index (χ4n) is 1.70. The van der Waals surface area contributed by atoms with Gasteiger partial charge in [0.25, 0.3) is 0 Å². The van der Waals surface area contributed by atoms with Crippen molar-refractivity contribution in [2.75, 3.05) is 13.6 Å². The minimum atomic E-state index is -3.34.